The quantitative estimate of drug-likeness (QED) is 0.471. The van der Waals surface area contributed by atoms with E-state index in [0.717, 1.165) is 28.0 Å². The number of aromatic nitrogens is 6. The summed E-state index contributed by atoms with van der Waals surface area (Å²) in [4.78, 5) is 30.5. The first kappa shape index (κ1) is 17.6. The number of carbonyl (C=O) groups excluding carboxylic acids is 1. The fraction of sp³-hybridized carbons (Fsp3) is 0.136. The molecule has 6 rings (SSSR count). The molecule has 0 spiro atoms. The van der Waals surface area contributed by atoms with E-state index in [0.29, 0.717) is 18.7 Å². The van der Waals surface area contributed by atoms with E-state index in [4.69, 9.17) is 4.42 Å². The number of hydrogen-bond donors (Lipinski definition) is 2. The van der Waals surface area contributed by atoms with E-state index in [-0.39, 0.29) is 23.7 Å². The Hall–Kier alpha value is -4.27. The number of nitrogens with one attached hydrogen (secondary N) is 2. The molecule has 5 heterocycles. The lowest BCUT2D eigenvalue weighted by atomic mass is 9.99. The summed E-state index contributed by atoms with van der Waals surface area (Å²) in [6.45, 7) is 0.495. The van der Waals surface area contributed by atoms with Gasteiger partial charge in [-0.1, -0.05) is 24.3 Å². The van der Waals surface area contributed by atoms with Crippen molar-refractivity contribution in [3.05, 3.63) is 84.0 Å². The van der Waals surface area contributed by atoms with E-state index in [1.54, 1.807) is 29.6 Å². The molecule has 1 aromatic carbocycles. The molecule has 1 atom stereocenters. The number of H-pyrrole nitrogens is 2. The molecule has 9 nitrogen and oxygen atoms in total. The van der Waals surface area contributed by atoms with Crippen molar-refractivity contribution in [2.45, 2.75) is 12.5 Å². The van der Waals surface area contributed by atoms with Gasteiger partial charge in [0.05, 0.1) is 12.0 Å². The monoisotopic (exact) mass is 411 g/mol. The van der Waals surface area contributed by atoms with Gasteiger partial charge in [-0.2, -0.15) is 0 Å². The van der Waals surface area contributed by atoms with Gasteiger partial charge in [-0.05, 0) is 29.7 Å². The summed E-state index contributed by atoms with van der Waals surface area (Å²) in [7, 11) is 0. The number of hydrogen-bond acceptors (Lipinski definition) is 6. The zero-order chi connectivity index (χ0) is 20.8. The summed E-state index contributed by atoms with van der Waals surface area (Å²) in [5.41, 5.74) is 4.24. The van der Waals surface area contributed by atoms with Crippen LogP contribution in [-0.2, 0) is 6.42 Å². The number of imidazole rings is 1. The first-order valence-corrected chi connectivity index (χ1v) is 9.93. The highest BCUT2D eigenvalue weighted by Crippen LogP contribution is 2.35. The molecule has 1 aliphatic rings. The van der Waals surface area contributed by atoms with Crippen molar-refractivity contribution in [1.82, 2.24) is 35.0 Å². The van der Waals surface area contributed by atoms with Crippen LogP contribution in [0.5, 0.6) is 0 Å². The number of nitrogens with zero attached hydrogens (tertiary/aromatic N) is 5. The second kappa shape index (κ2) is 6.91. The van der Waals surface area contributed by atoms with Crippen molar-refractivity contribution in [3.63, 3.8) is 0 Å². The molecular weight excluding hydrogens is 394 g/mol. The predicted octanol–water partition coefficient (Wildman–Crippen LogP) is 3.12. The van der Waals surface area contributed by atoms with Crippen molar-refractivity contribution in [1.29, 1.82) is 0 Å². The second-order valence-corrected chi connectivity index (χ2v) is 7.36. The minimum atomic E-state index is -0.389. The topological polar surface area (TPSA) is 117 Å². The Kier molecular flexibility index (Phi) is 3.92. The van der Waals surface area contributed by atoms with E-state index in [1.807, 2.05) is 30.3 Å². The molecule has 0 bridgehead atoms. The Balaban J connectivity index is 1.40. The molecule has 0 aliphatic carbocycles. The minimum absolute atomic E-state index is 0.0688. The number of carbonyl (C=O) groups is 1. The molecule has 0 saturated heterocycles. The molecule has 0 saturated carbocycles. The number of amides is 1. The second-order valence-electron chi connectivity index (χ2n) is 7.36. The molecule has 9 heteroatoms. The molecule has 152 valence electrons. The van der Waals surface area contributed by atoms with Crippen molar-refractivity contribution in [2.24, 2.45) is 0 Å². The first-order valence-electron chi connectivity index (χ1n) is 9.93. The van der Waals surface area contributed by atoms with Crippen molar-refractivity contribution in [3.8, 4) is 11.6 Å². The van der Waals surface area contributed by atoms with Crippen LogP contribution >= 0.6 is 0 Å². The lowest BCUT2D eigenvalue weighted by Crippen LogP contribution is -2.41. The van der Waals surface area contributed by atoms with Crippen LogP contribution in [0.25, 0.3) is 22.5 Å². The molecule has 0 unspecified atom stereocenters. The van der Waals surface area contributed by atoms with Crippen LogP contribution in [0, 0.1) is 0 Å². The Labute approximate surface area is 176 Å². The van der Waals surface area contributed by atoms with Gasteiger partial charge in [-0.3, -0.25) is 9.78 Å². The summed E-state index contributed by atoms with van der Waals surface area (Å²) in [5.74, 6) is -0.198. The van der Waals surface area contributed by atoms with Crippen LogP contribution in [0.1, 0.15) is 33.8 Å². The van der Waals surface area contributed by atoms with E-state index in [9.17, 15) is 4.79 Å². The van der Waals surface area contributed by atoms with Gasteiger partial charge < -0.3 is 19.3 Å². The molecule has 0 radical (unpaired) electrons. The van der Waals surface area contributed by atoms with Crippen molar-refractivity contribution < 1.29 is 9.21 Å². The zero-order valence-corrected chi connectivity index (χ0v) is 16.3. The average molecular weight is 411 g/mol. The fourth-order valence-electron chi connectivity index (χ4n) is 4.08. The van der Waals surface area contributed by atoms with Crippen LogP contribution in [0.2, 0.25) is 0 Å². The maximum absolute atomic E-state index is 13.4. The third kappa shape index (κ3) is 2.90. The van der Waals surface area contributed by atoms with E-state index >= 15 is 0 Å². The molecule has 31 heavy (non-hydrogen) atoms. The zero-order valence-electron chi connectivity index (χ0n) is 16.3. The summed E-state index contributed by atoms with van der Waals surface area (Å²) < 4.78 is 5.68. The van der Waals surface area contributed by atoms with Gasteiger partial charge in [0.1, 0.15) is 11.7 Å². The number of pyridine rings is 1. The normalized spacial score (nSPS) is 15.9. The van der Waals surface area contributed by atoms with Crippen LogP contribution in [0.4, 0.5) is 0 Å². The van der Waals surface area contributed by atoms with E-state index < -0.39 is 0 Å². The van der Waals surface area contributed by atoms with Gasteiger partial charge in [0.25, 0.3) is 5.89 Å². The van der Waals surface area contributed by atoms with Crippen LogP contribution in [0.15, 0.2) is 65.5 Å². The Morgan fingerprint density at radius 2 is 2.00 bits per heavy atom. The maximum atomic E-state index is 13.4. The molecule has 0 fully saturated rings. The highest BCUT2D eigenvalue weighted by atomic mass is 16.4. The number of para-hydroxylation sites is 1. The average Bonchev–Trinajstić information content (AvgIpc) is 3.57. The summed E-state index contributed by atoms with van der Waals surface area (Å²) in [5, 5.41) is 9.08. The predicted molar refractivity (Wildman–Crippen MR) is 111 cm³/mol. The number of aromatic amines is 2. The molecular formula is C22H17N7O2. The highest BCUT2D eigenvalue weighted by Gasteiger charge is 2.37. The summed E-state index contributed by atoms with van der Waals surface area (Å²) in [6, 6.07) is 15.0. The molecule has 1 amide bonds. The SMILES string of the molecule is O=C(c1nnc(-c2ccccn2)o1)N1CCc2[nH]cnc2[C@@H]1c1cc2ccccc2[nH]1. The van der Waals surface area contributed by atoms with Crippen LogP contribution in [0.3, 0.4) is 0 Å². The van der Waals surface area contributed by atoms with Gasteiger partial charge in [0.15, 0.2) is 0 Å². The standard InChI is InChI=1S/C22H17N7O2/c30-22(21-28-27-20(31-21)16-7-3-4-9-23-16)29-10-8-15-18(25-12-24-15)19(29)17-11-13-5-1-2-6-14(13)26-17/h1-7,9,11-12,19,26H,8,10H2,(H,24,25)/t19-/m0/s1. The van der Waals surface area contributed by atoms with Crippen molar-refractivity contribution >= 4 is 16.8 Å². The van der Waals surface area contributed by atoms with Gasteiger partial charge in [0.2, 0.25) is 0 Å². The van der Waals surface area contributed by atoms with Crippen LogP contribution < -0.4 is 0 Å². The summed E-state index contributed by atoms with van der Waals surface area (Å²) in [6.07, 6.45) is 3.97. The molecule has 1 aliphatic heterocycles. The molecule has 4 aromatic heterocycles. The van der Waals surface area contributed by atoms with Gasteiger partial charge in [-0.25, -0.2) is 4.98 Å². The van der Waals surface area contributed by atoms with Crippen molar-refractivity contribution in [2.75, 3.05) is 6.54 Å². The number of rotatable bonds is 3. The highest BCUT2D eigenvalue weighted by molar-refractivity contribution is 5.91. The van der Waals surface area contributed by atoms with Crippen LogP contribution in [-0.4, -0.2) is 47.5 Å². The minimum Gasteiger partial charge on any atom is -0.411 e. The Morgan fingerprint density at radius 1 is 1.10 bits per heavy atom. The largest absolute Gasteiger partial charge is 0.411 e. The molecule has 2 N–H and O–H groups in total. The fourth-order valence-corrected chi connectivity index (χ4v) is 4.08. The maximum Gasteiger partial charge on any atom is 0.312 e. The van der Waals surface area contributed by atoms with E-state index in [2.05, 4.69) is 36.2 Å². The molecule has 5 aromatic rings. The van der Waals surface area contributed by atoms with Gasteiger partial charge >= 0.3 is 11.8 Å². The number of benzene rings is 1. The Bertz CT molecular complexity index is 1350. The van der Waals surface area contributed by atoms with E-state index in [1.165, 1.54) is 0 Å². The smallest absolute Gasteiger partial charge is 0.312 e. The third-order valence-corrected chi connectivity index (χ3v) is 5.52. The third-order valence-electron chi connectivity index (χ3n) is 5.52. The summed E-state index contributed by atoms with van der Waals surface area (Å²) >= 11 is 0. The first-order chi connectivity index (χ1) is 15.3. The van der Waals surface area contributed by atoms with Gasteiger partial charge in [-0.15, -0.1) is 10.2 Å². The number of fused-ring (bicyclic) bond motifs is 2. The Morgan fingerprint density at radius 3 is 2.87 bits per heavy atom. The lowest BCUT2D eigenvalue weighted by molar-refractivity contribution is 0.0647. The van der Waals surface area contributed by atoms with Gasteiger partial charge in [0, 0.05) is 36.1 Å². The lowest BCUT2D eigenvalue weighted by Gasteiger charge is -2.33.